The minimum atomic E-state index is -0.450. The number of nitrogens with zero attached hydrogens (tertiary/aromatic N) is 2. The Hall–Kier alpha value is -3.00. The normalized spacial score (nSPS) is 13.3. The molecule has 4 rings (SSSR count). The average Bonchev–Trinajstić information content (AvgIpc) is 3.09. The van der Waals surface area contributed by atoms with E-state index in [0.29, 0.717) is 16.6 Å². The van der Waals surface area contributed by atoms with Gasteiger partial charge in [-0.1, -0.05) is 6.07 Å². The van der Waals surface area contributed by atoms with Crippen molar-refractivity contribution in [1.29, 1.82) is 0 Å². The lowest BCUT2D eigenvalue weighted by Gasteiger charge is -2.11. The second-order valence-electron chi connectivity index (χ2n) is 7.65. The van der Waals surface area contributed by atoms with Gasteiger partial charge in [0.15, 0.2) is 0 Å². The quantitative estimate of drug-likeness (QED) is 0.632. The molecule has 1 aliphatic carbocycles. The van der Waals surface area contributed by atoms with Gasteiger partial charge in [0, 0.05) is 10.6 Å². The number of esters is 1. The van der Waals surface area contributed by atoms with E-state index in [9.17, 15) is 14.4 Å². The van der Waals surface area contributed by atoms with Crippen LogP contribution in [0.25, 0.3) is 10.2 Å². The lowest BCUT2D eigenvalue weighted by atomic mass is 9.97. The molecular weight excluding hydrogens is 402 g/mol. The predicted molar refractivity (Wildman–Crippen MR) is 116 cm³/mol. The van der Waals surface area contributed by atoms with Gasteiger partial charge >= 0.3 is 5.97 Å². The molecule has 0 saturated heterocycles. The smallest absolute Gasteiger partial charge is 0.338 e. The molecule has 0 fully saturated rings. The molecule has 1 aliphatic rings. The summed E-state index contributed by atoms with van der Waals surface area (Å²) in [6.07, 6.45) is 5.30. The van der Waals surface area contributed by atoms with Gasteiger partial charge in [-0.2, -0.15) is 0 Å². The van der Waals surface area contributed by atoms with Gasteiger partial charge in [-0.25, -0.2) is 9.78 Å². The number of ether oxygens (including phenoxy) is 1. The lowest BCUT2D eigenvalue weighted by Crippen LogP contribution is -2.28. The van der Waals surface area contributed by atoms with Gasteiger partial charge in [0.05, 0.1) is 23.4 Å². The van der Waals surface area contributed by atoms with Crippen molar-refractivity contribution >= 4 is 39.1 Å². The summed E-state index contributed by atoms with van der Waals surface area (Å²) in [6.45, 7) is 3.40. The van der Waals surface area contributed by atoms with Crippen molar-refractivity contribution in [3.8, 4) is 0 Å². The first-order chi connectivity index (χ1) is 14.4. The summed E-state index contributed by atoms with van der Waals surface area (Å²) < 4.78 is 6.53. The molecule has 2 aromatic heterocycles. The summed E-state index contributed by atoms with van der Waals surface area (Å²) in [7, 11) is 0. The fraction of sp³-hybridized carbons (Fsp3) is 0.364. The molecule has 156 valence electrons. The standard InChI is InChI=1S/C22H23N3O4S/c1-13(2)29-22(28)14-6-5-7-15(10-14)24-18(26)11-25-12-23-20-19(21(25)27)16-8-3-4-9-17(16)30-20/h5-7,10,12-13H,3-4,8-9,11H2,1-2H3,(H,24,26). The van der Waals surface area contributed by atoms with Gasteiger partial charge in [-0.05, 0) is 63.3 Å². The van der Waals surface area contributed by atoms with Crippen molar-refractivity contribution in [2.24, 2.45) is 0 Å². The van der Waals surface area contributed by atoms with Crippen molar-refractivity contribution in [2.75, 3.05) is 5.32 Å². The number of rotatable bonds is 5. The highest BCUT2D eigenvalue weighted by atomic mass is 32.1. The van der Waals surface area contributed by atoms with Crippen LogP contribution in [0, 0.1) is 0 Å². The topological polar surface area (TPSA) is 90.3 Å². The van der Waals surface area contributed by atoms with E-state index in [2.05, 4.69) is 10.3 Å². The number of hydrogen-bond acceptors (Lipinski definition) is 6. The van der Waals surface area contributed by atoms with Gasteiger partial charge in [-0.3, -0.25) is 14.2 Å². The highest BCUT2D eigenvalue weighted by Gasteiger charge is 2.20. The predicted octanol–water partition coefficient (Wildman–Crippen LogP) is 3.54. The maximum absolute atomic E-state index is 13.0. The Balaban J connectivity index is 1.52. The van der Waals surface area contributed by atoms with Crippen LogP contribution in [0.5, 0.6) is 0 Å². The first kappa shape index (κ1) is 20.3. The summed E-state index contributed by atoms with van der Waals surface area (Å²) in [5.41, 5.74) is 1.74. The molecule has 0 aliphatic heterocycles. The molecule has 0 atom stereocenters. The molecule has 3 aromatic rings. The number of fused-ring (bicyclic) bond motifs is 3. The summed E-state index contributed by atoms with van der Waals surface area (Å²) in [5.74, 6) is -0.814. The van der Waals surface area contributed by atoms with Crippen molar-refractivity contribution in [1.82, 2.24) is 9.55 Å². The van der Waals surface area contributed by atoms with E-state index in [4.69, 9.17) is 4.74 Å². The van der Waals surface area contributed by atoms with E-state index in [-0.39, 0.29) is 24.1 Å². The lowest BCUT2D eigenvalue weighted by molar-refractivity contribution is -0.116. The number of amides is 1. The Bertz CT molecular complexity index is 1180. The molecule has 1 amide bonds. The zero-order chi connectivity index (χ0) is 21.3. The van der Waals surface area contributed by atoms with E-state index in [1.54, 1.807) is 49.4 Å². The number of benzene rings is 1. The largest absolute Gasteiger partial charge is 0.459 e. The number of aromatic nitrogens is 2. The molecule has 7 nitrogen and oxygen atoms in total. The van der Waals surface area contributed by atoms with Crippen LogP contribution in [-0.4, -0.2) is 27.5 Å². The van der Waals surface area contributed by atoms with Gasteiger partial charge in [0.1, 0.15) is 11.4 Å². The number of hydrogen-bond donors (Lipinski definition) is 1. The van der Waals surface area contributed by atoms with Crippen LogP contribution in [0.4, 0.5) is 5.69 Å². The maximum atomic E-state index is 13.0. The monoisotopic (exact) mass is 425 g/mol. The van der Waals surface area contributed by atoms with Gasteiger partial charge in [0.25, 0.3) is 5.56 Å². The number of carbonyl (C=O) groups excluding carboxylic acids is 2. The first-order valence-electron chi connectivity index (χ1n) is 10.0. The minimum Gasteiger partial charge on any atom is -0.459 e. The van der Waals surface area contributed by atoms with Crippen LogP contribution in [0.3, 0.4) is 0 Å². The summed E-state index contributed by atoms with van der Waals surface area (Å²) in [6, 6.07) is 6.54. The molecular formula is C22H23N3O4S. The average molecular weight is 426 g/mol. The number of thiophene rings is 1. The van der Waals surface area contributed by atoms with Gasteiger partial charge < -0.3 is 10.1 Å². The number of aryl methyl sites for hydroxylation is 2. The second-order valence-corrected chi connectivity index (χ2v) is 8.74. The Morgan fingerprint density at radius 1 is 1.27 bits per heavy atom. The van der Waals surface area contributed by atoms with Crippen molar-refractivity contribution in [2.45, 2.75) is 52.2 Å². The third-order valence-corrected chi connectivity index (χ3v) is 6.18. The molecule has 0 bridgehead atoms. The Kier molecular flexibility index (Phi) is 5.67. The zero-order valence-electron chi connectivity index (χ0n) is 16.9. The van der Waals surface area contributed by atoms with Crippen LogP contribution in [0.1, 0.15) is 47.5 Å². The molecule has 1 N–H and O–H groups in total. The molecule has 2 heterocycles. The fourth-order valence-corrected chi connectivity index (χ4v) is 4.87. The van der Waals surface area contributed by atoms with E-state index in [1.807, 2.05) is 0 Å². The van der Waals surface area contributed by atoms with E-state index in [1.165, 1.54) is 15.8 Å². The highest BCUT2D eigenvalue weighted by molar-refractivity contribution is 7.18. The summed E-state index contributed by atoms with van der Waals surface area (Å²) in [5, 5.41) is 3.39. The maximum Gasteiger partial charge on any atom is 0.338 e. The van der Waals surface area contributed by atoms with E-state index >= 15 is 0 Å². The molecule has 0 spiro atoms. The highest BCUT2D eigenvalue weighted by Crippen LogP contribution is 2.33. The minimum absolute atomic E-state index is 0.146. The number of anilines is 1. The van der Waals surface area contributed by atoms with Crippen molar-refractivity contribution < 1.29 is 14.3 Å². The third kappa shape index (κ3) is 4.14. The van der Waals surface area contributed by atoms with Crippen LogP contribution >= 0.6 is 11.3 Å². The summed E-state index contributed by atoms with van der Waals surface area (Å²) in [4.78, 5) is 44.0. The van der Waals surface area contributed by atoms with E-state index < -0.39 is 5.97 Å². The molecule has 0 radical (unpaired) electrons. The molecule has 30 heavy (non-hydrogen) atoms. The van der Waals surface area contributed by atoms with Crippen LogP contribution in [0.15, 0.2) is 35.4 Å². The molecule has 0 saturated carbocycles. The van der Waals surface area contributed by atoms with Crippen molar-refractivity contribution in [3.63, 3.8) is 0 Å². The summed E-state index contributed by atoms with van der Waals surface area (Å²) >= 11 is 1.58. The second kappa shape index (κ2) is 8.39. The molecule has 1 aromatic carbocycles. The fourth-order valence-electron chi connectivity index (χ4n) is 3.66. The van der Waals surface area contributed by atoms with E-state index in [0.717, 1.165) is 36.1 Å². The van der Waals surface area contributed by atoms with Crippen molar-refractivity contribution in [3.05, 3.63) is 57.0 Å². The van der Waals surface area contributed by atoms with Crippen LogP contribution in [-0.2, 0) is 28.9 Å². The third-order valence-electron chi connectivity index (χ3n) is 4.98. The Morgan fingerprint density at radius 2 is 2.07 bits per heavy atom. The van der Waals surface area contributed by atoms with Crippen LogP contribution < -0.4 is 10.9 Å². The Morgan fingerprint density at radius 3 is 2.87 bits per heavy atom. The SMILES string of the molecule is CC(C)OC(=O)c1cccc(NC(=O)Cn2cnc3sc4c(c3c2=O)CCCC4)c1. The number of carbonyl (C=O) groups is 2. The first-order valence-corrected chi connectivity index (χ1v) is 10.8. The Labute approximate surface area is 177 Å². The van der Waals surface area contributed by atoms with Gasteiger partial charge in [0.2, 0.25) is 5.91 Å². The van der Waals surface area contributed by atoms with Crippen LogP contribution in [0.2, 0.25) is 0 Å². The molecule has 0 unspecified atom stereocenters. The number of nitrogens with one attached hydrogen (secondary N) is 1. The molecule has 8 heteroatoms. The van der Waals surface area contributed by atoms with Gasteiger partial charge in [-0.15, -0.1) is 11.3 Å². The zero-order valence-corrected chi connectivity index (χ0v) is 17.8.